The second-order valence-corrected chi connectivity index (χ2v) is 8.05. The molecule has 32 heavy (non-hydrogen) atoms. The van der Waals surface area contributed by atoms with E-state index in [1.54, 1.807) is 19.3 Å². The lowest BCUT2D eigenvalue weighted by atomic mass is 10.1. The number of anilines is 1. The SMILES string of the molecule is CN=C(NCc1ccc(CN2CCCC2=O)cc1)NC1CCN(c2ncccc2F)C1.I. The number of hydrogen-bond donors (Lipinski definition) is 2. The molecule has 9 heteroatoms. The quantitative estimate of drug-likeness (QED) is 0.328. The zero-order valence-corrected chi connectivity index (χ0v) is 20.6. The summed E-state index contributed by atoms with van der Waals surface area (Å²) in [5.41, 5.74) is 2.29. The number of guanidine groups is 1. The molecule has 2 aromatic rings. The Morgan fingerprint density at radius 3 is 2.69 bits per heavy atom. The molecule has 0 spiro atoms. The molecule has 172 valence electrons. The fourth-order valence-electron chi connectivity index (χ4n) is 4.11. The summed E-state index contributed by atoms with van der Waals surface area (Å²) in [5.74, 6) is 1.09. The number of nitrogens with one attached hydrogen (secondary N) is 2. The molecule has 2 N–H and O–H groups in total. The second-order valence-electron chi connectivity index (χ2n) is 8.05. The number of carbonyl (C=O) groups excluding carboxylic acids is 1. The van der Waals surface area contributed by atoms with Gasteiger partial charge in [0.15, 0.2) is 17.6 Å². The molecule has 1 atom stereocenters. The molecule has 2 saturated heterocycles. The van der Waals surface area contributed by atoms with Gasteiger partial charge in [-0.2, -0.15) is 0 Å². The van der Waals surface area contributed by atoms with Gasteiger partial charge in [0.2, 0.25) is 5.91 Å². The Bertz CT molecular complexity index is 938. The summed E-state index contributed by atoms with van der Waals surface area (Å²) in [5, 5.41) is 6.77. The highest BCUT2D eigenvalue weighted by molar-refractivity contribution is 14.0. The average Bonchev–Trinajstić information content (AvgIpc) is 3.41. The minimum Gasteiger partial charge on any atom is -0.352 e. The number of halogens is 2. The third-order valence-corrected chi connectivity index (χ3v) is 5.82. The van der Waals surface area contributed by atoms with Crippen molar-refractivity contribution in [3.05, 3.63) is 59.5 Å². The van der Waals surface area contributed by atoms with Crippen molar-refractivity contribution in [2.24, 2.45) is 4.99 Å². The van der Waals surface area contributed by atoms with Gasteiger partial charge in [-0.1, -0.05) is 24.3 Å². The van der Waals surface area contributed by atoms with Crippen molar-refractivity contribution < 1.29 is 9.18 Å². The van der Waals surface area contributed by atoms with Crippen LogP contribution in [0, 0.1) is 5.82 Å². The minimum atomic E-state index is -0.289. The first-order valence-corrected chi connectivity index (χ1v) is 10.8. The normalized spacial score (nSPS) is 18.6. The van der Waals surface area contributed by atoms with E-state index in [1.165, 1.54) is 6.07 Å². The van der Waals surface area contributed by atoms with Crippen molar-refractivity contribution >= 4 is 41.7 Å². The van der Waals surface area contributed by atoms with Gasteiger partial charge in [0.05, 0.1) is 0 Å². The monoisotopic (exact) mass is 552 g/mol. The predicted octanol–water partition coefficient (Wildman–Crippen LogP) is 2.91. The van der Waals surface area contributed by atoms with Crippen LogP contribution >= 0.6 is 24.0 Å². The van der Waals surface area contributed by atoms with Crippen LogP contribution in [0.25, 0.3) is 0 Å². The summed E-state index contributed by atoms with van der Waals surface area (Å²) in [6.07, 6.45) is 4.14. The van der Waals surface area contributed by atoms with E-state index in [0.717, 1.165) is 43.0 Å². The average molecular weight is 552 g/mol. The molecule has 3 heterocycles. The molecule has 1 aromatic heterocycles. The van der Waals surface area contributed by atoms with Crippen LogP contribution in [0.15, 0.2) is 47.6 Å². The van der Waals surface area contributed by atoms with Gasteiger partial charge in [0.25, 0.3) is 0 Å². The van der Waals surface area contributed by atoms with Crippen LogP contribution in [-0.2, 0) is 17.9 Å². The molecule has 0 aliphatic carbocycles. The first-order chi connectivity index (χ1) is 15.1. The number of aromatic nitrogens is 1. The van der Waals surface area contributed by atoms with Crippen molar-refractivity contribution in [2.45, 2.75) is 38.4 Å². The maximum Gasteiger partial charge on any atom is 0.222 e. The lowest BCUT2D eigenvalue weighted by molar-refractivity contribution is -0.128. The van der Waals surface area contributed by atoms with E-state index in [0.29, 0.717) is 31.9 Å². The number of nitrogens with zero attached hydrogens (tertiary/aromatic N) is 4. The van der Waals surface area contributed by atoms with Crippen molar-refractivity contribution in [3.63, 3.8) is 0 Å². The first kappa shape index (κ1) is 24.2. The van der Waals surface area contributed by atoms with Gasteiger partial charge >= 0.3 is 0 Å². The second kappa shape index (κ2) is 11.4. The van der Waals surface area contributed by atoms with Crippen molar-refractivity contribution in [1.29, 1.82) is 0 Å². The molecule has 2 aliphatic rings. The zero-order valence-electron chi connectivity index (χ0n) is 18.3. The highest BCUT2D eigenvalue weighted by Crippen LogP contribution is 2.20. The largest absolute Gasteiger partial charge is 0.352 e. The van der Waals surface area contributed by atoms with Crippen molar-refractivity contribution in [3.8, 4) is 0 Å². The van der Waals surface area contributed by atoms with Crippen LogP contribution in [0.3, 0.4) is 0 Å². The van der Waals surface area contributed by atoms with Crippen molar-refractivity contribution in [1.82, 2.24) is 20.5 Å². The molecule has 1 aromatic carbocycles. The van der Waals surface area contributed by atoms with E-state index in [-0.39, 0.29) is 41.7 Å². The summed E-state index contributed by atoms with van der Waals surface area (Å²) in [7, 11) is 1.75. The van der Waals surface area contributed by atoms with Gasteiger partial charge in [0, 0.05) is 58.4 Å². The molecule has 4 rings (SSSR count). The van der Waals surface area contributed by atoms with E-state index >= 15 is 0 Å². The Labute approximate surface area is 205 Å². The van der Waals surface area contributed by atoms with Gasteiger partial charge in [-0.25, -0.2) is 9.37 Å². The highest BCUT2D eigenvalue weighted by atomic mass is 127. The van der Waals surface area contributed by atoms with E-state index in [4.69, 9.17) is 0 Å². The summed E-state index contributed by atoms with van der Waals surface area (Å²) < 4.78 is 14.0. The Hall–Kier alpha value is -2.43. The molecule has 7 nitrogen and oxygen atoms in total. The van der Waals surface area contributed by atoms with E-state index < -0.39 is 0 Å². The maximum atomic E-state index is 14.0. The standard InChI is InChI=1S/C23H29FN6O.HI/c1-25-23(28-19-10-13-30(16-19)22-20(24)4-2-11-26-22)27-14-17-6-8-18(9-7-17)15-29-12-3-5-21(29)31;/h2,4,6-9,11,19H,3,5,10,12-16H2,1H3,(H2,25,27,28);1H. The number of benzene rings is 1. The fourth-order valence-corrected chi connectivity index (χ4v) is 4.11. The molecular weight excluding hydrogens is 522 g/mol. The third-order valence-electron chi connectivity index (χ3n) is 5.82. The molecule has 2 aliphatic heterocycles. The Morgan fingerprint density at radius 1 is 1.22 bits per heavy atom. The van der Waals surface area contributed by atoms with Crippen LogP contribution in [-0.4, -0.2) is 54.5 Å². The molecule has 0 saturated carbocycles. The number of aliphatic imine (C=N–C) groups is 1. The van der Waals surface area contributed by atoms with Crippen LogP contribution in [0.4, 0.5) is 10.2 Å². The van der Waals surface area contributed by atoms with Crippen LogP contribution in [0.2, 0.25) is 0 Å². The number of carbonyl (C=O) groups is 1. The molecule has 1 unspecified atom stereocenters. The third kappa shape index (κ3) is 6.08. The molecule has 2 fully saturated rings. The minimum absolute atomic E-state index is 0. The molecule has 0 radical (unpaired) electrons. The summed E-state index contributed by atoms with van der Waals surface area (Å²) >= 11 is 0. The number of likely N-dealkylation sites (tertiary alicyclic amines) is 1. The maximum absolute atomic E-state index is 14.0. The van der Waals surface area contributed by atoms with Crippen LogP contribution in [0.5, 0.6) is 0 Å². The predicted molar refractivity (Wildman–Crippen MR) is 135 cm³/mol. The smallest absolute Gasteiger partial charge is 0.222 e. The number of hydrogen-bond acceptors (Lipinski definition) is 4. The van der Waals surface area contributed by atoms with Gasteiger partial charge < -0.3 is 20.4 Å². The lowest BCUT2D eigenvalue weighted by Crippen LogP contribution is -2.44. The Morgan fingerprint density at radius 2 is 2.00 bits per heavy atom. The zero-order chi connectivity index (χ0) is 21.6. The Balaban J connectivity index is 0.00000289. The Kier molecular flexibility index (Phi) is 8.66. The lowest BCUT2D eigenvalue weighted by Gasteiger charge is -2.20. The molecule has 1 amide bonds. The van der Waals surface area contributed by atoms with Gasteiger partial charge in [-0.05, 0) is 36.1 Å². The highest BCUT2D eigenvalue weighted by Gasteiger charge is 2.26. The first-order valence-electron chi connectivity index (χ1n) is 10.8. The number of rotatable bonds is 6. The topological polar surface area (TPSA) is 72.9 Å². The number of pyridine rings is 1. The van der Waals surface area contributed by atoms with Crippen LogP contribution in [0.1, 0.15) is 30.4 Å². The van der Waals surface area contributed by atoms with Gasteiger partial charge in [-0.15, -0.1) is 24.0 Å². The van der Waals surface area contributed by atoms with E-state index in [1.807, 2.05) is 9.80 Å². The molecule has 0 bridgehead atoms. The van der Waals surface area contributed by atoms with Gasteiger partial charge in [-0.3, -0.25) is 9.79 Å². The molecular formula is C23H30FIN6O. The van der Waals surface area contributed by atoms with E-state index in [2.05, 4.69) is 44.9 Å². The van der Waals surface area contributed by atoms with E-state index in [9.17, 15) is 9.18 Å². The summed E-state index contributed by atoms with van der Waals surface area (Å²) in [4.78, 5) is 24.2. The van der Waals surface area contributed by atoms with Gasteiger partial charge in [0.1, 0.15) is 0 Å². The van der Waals surface area contributed by atoms with Crippen LogP contribution < -0.4 is 15.5 Å². The summed E-state index contributed by atoms with van der Waals surface area (Å²) in [6, 6.07) is 11.5. The summed E-state index contributed by atoms with van der Waals surface area (Å²) in [6.45, 7) is 3.62. The van der Waals surface area contributed by atoms with Crippen molar-refractivity contribution in [2.75, 3.05) is 31.6 Å². The fraction of sp³-hybridized carbons (Fsp3) is 0.435. The number of amides is 1.